The van der Waals surface area contributed by atoms with Crippen molar-refractivity contribution in [3.05, 3.63) is 179 Å². The zero-order valence-corrected chi connectivity index (χ0v) is 35.4. The lowest BCUT2D eigenvalue weighted by molar-refractivity contribution is -0.254. The van der Waals surface area contributed by atoms with Crippen LogP contribution in [0.5, 0.6) is 0 Å². The topological polar surface area (TPSA) is 55.4 Å². The molecule has 8 heteroatoms. The minimum absolute atomic E-state index is 0.168. The van der Waals surface area contributed by atoms with Gasteiger partial charge in [-0.25, -0.2) is 0 Å². The molecule has 0 aromatic heterocycles. The van der Waals surface area contributed by atoms with Crippen LogP contribution in [0.25, 0.3) is 0 Å². The van der Waals surface area contributed by atoms with Crippen molar-refractivity contribution in [1.82, 2.24) is 0 Å². The second kappa shape index (κ2) is 20.7. The highest BCUT2D eigenvalue weighted by Crippen LogP contribution is 2.38. The first-order valence-electron chi connectivity index (χ1n) is 19.7. The predicted octanol–water partition coefficient (Wildman–Crippen LogP) is 11.1. The van der Waals surface area contributed by atoms with Gasteiger partial charge in [-0.15, -0.1) is 11.8 Å². The lowest BCUT2D eigenvalue weighted by Gasteiger charge is -2.46. The lowest BCUT2D eigenvalue weighted by atomic mass is 9.98. The molecule has 56 heavy (non-hydrogen) atoms. The molecular weight excluding hydrogens is 733 g/mol. The second-order valence-corrected chi connectivity index (χ2v) is 21.9. The Balaban J connectivity index is 1.26. The van der Waals surface area contributed by atoms with Crippen molar-refractivity contribution in [3.63, 3.8) is 0 Å². The number of ether oxygens (including phenoxy) is 5. The molecule has 0 N–H and O–H groups in total. The van der Waals surface area contributed by atoms with E-state index in [4.69, 9.17) is 28.1 Å². The van der Waals surface area contributed by atoms with Gasteiger partial charge in [0.25, 0.3) is 0 Å². The van der Waals surface area contributed by atoms with Gasteiger partial charge >= 0.3 is 0 Å². The molecule has 6 nitrogen and oxygen atoms in total. The number of hydrogen-bond donors (Lipinski definition) is 0. The minimum Gasteiger partial charge on any atom is -0.413 e. The maximum absolute atomic E-state index is 7.05. The summed E-state index contributed by atoms with van der Waals surface area (Å²) in [6.45, 7) is 14.1. The Morgan fingerprint density at radius 3 is 1.39 bits per heavy atom. The van der Waals surface area contributed by atoms with E-state index in [-0.39, 0.29) is 10.5 Å². The van der Waals surface area contributed by atoms with E-state index in [1.165, 1.54) is 11.1 Å². The van der Waals surface area contributed by atoms with Gasteiger partial charge in [0.15, 0.2) is 8.32 Å². The van der Waals surface area contributed by atoms with Crippen molar-refractivity contribution in [2.75, 3.05) is 6.61 Å². The quantitative estimate of drug-likeness (QED) is 0.0772. The van der Waals surface area contributed by atoms with Crippen molar-refractivity contribution in [2.24, 2.45) is 0 Å². The fourth-order valence-corrected chi connectivity index (χ4v) is 8.43. The van der Waals surface area contributed by atoms with Crippen molar-refractivity contribution in [3.8, 4) is 0 Å². The first-order valence-corrected chi connectivity index (χ1v) is 23.7. The first-order chi connectivity index (χ1) is 27.1. The van der Waals surface area contributed by atoms with Crippen LogP contribution < -0.4 is 0 Å². The molecule has 0 spiro atoms. The van der Waals surface area contributed by atoms with Crippen LogP contribution in [-0.2, 0) is 66.9 Å². The van der Waals surface area contributed by atoms with Gasteiger partial charge in [0.2, 0.25) is 0 Å². The Morgan fingerprint density at radius 2 is 0.911 bits per heavy atom. The fraction of sp³-hybridized carbons (Fsp3) is 0.375. The van der Waals surface area contributed by atoms with Crippen molar-refractivity contribution < 1.29 is 28.1 Å². The van der Waals surface area contributed by atoms with E-state index >= 15 is 0 Å². The molecule has 1 fully saturated rings. The highest BCUT2D eigenvalue weighted by molar-refractivity contribution is 7.99. The lowest BCUT2D eigenvalue weighted by Crippen LogP contribution is -2.60. The summed E-state index contributed by atoms with van der Waals surface area (Å²) >= 11 is 1.73. The number of thioether (sulfide) groups is 1. The molecular formula is C48H58O6SSi. The Morgan fingerprint density at radius 1 is 0.500 bits per heavy atom. The number of hydrogen-bond acceptors (Lipinski definition) is 7. The molecule has 1 heterocycles. The highest BCUT2D eigenvalue weighted by atomic mass is 32.2. The molecule has 0 aliphatic carbocycles. The van der Waals surface area contributed by atoms with Gasteiger partial charge < -0.3 is 28.1 Å². The van der Waals surface area contributed by atoms with Crippen molar-refractivity contribution in [1.29, 1.82) is 0 Å². The summed E-state index contributed by atoms with van der Waals surface area (Å²) in [7, 11) is -1.85. The smallest absolute Gasteiger partial charge is 0.192 e. The zero-order valence-electron chi connectivity index (χ0n) is 33.6. The molecule has 1 aliphatic rings. The molecule has 1 aliphatic heterocycles. The summed E-state index contributed by atoms with van der Waals surface area (Å²) < 4.78 is 40.6. The molecule has 0 bridgehead atoms. The summed E-state index contributed by atoms with van der Waals surface area (Å²) in [5, 5.41) is 0.168. The zero-order chi connectivity index (χ0) is 39.2. The summed E-state index contributed by atoms with van der Waals surface area (Å²) in [6.07, 6.45) is -1.76. The van der Waals surface area contributed by atoms with Crippen LogP contribution in [0, 0.1) is 0 Å². The molecule has 5 aromatic rings. The van der Waals surface area contributed by atoms with Crippen LogP contribution in [-0.4, -0.2) is 44.8 Å². The van der Waals surface area contributed by atoms with E-state index in [1.54, 1.807) is 11.8 Å². The summed E-state index contributed by atoms with van der Waals surface area (Å²) in [5.74, 6) is 0.734. The highest BCUT2D eigenvalue weighted by Gasteiger charge is 2.48. The van der Waals surface area contributed by atoms with E-state index < -0.39 is 32.7 Å². The Bertz CT molecular complexity index is 1840. The van der Waals surface area contributed by atoms with Gasteiger partial charge in [0.05, 0.1) is 39.6 Å². The van der Waals surface area contributed by atoms with Gasteiger partial charge in [-0.1, -0.05) is 166 Å². The van der Waals surface area contributed by atoms with Crippen LogP contribution in [0.1, 0.15) is 54.2 Å². The van der Waals surface area contributed by atoms with Crippen LogP contribution in [0.2, 0.25) is 18.1 Å². The monoisotopic (exact) mass is 790 g/mol. The molecule has 5 aromatic carbocycles. The third-order valence-electron chi connectivity index (χ3n) is 10.7. The molecule has 0 amide bonds. The van der Waals surface area contributed by atoms with Gasteiger partial charge in [0, 0.05) is 5.75 Å². The van der Waals surface area contributed by atoms with Gasteiger partial charge in [-0.3, -0.25) is 0 Å². The molecule has 5 atom stereocenters. The van der Waals surface area contributed by atoms with Gasteiger partial charge in [-0.2, -0.15) is 0 Å². The van der Waals surface area contributed by atoms with Crippen LogP contribution >= 0.6 is 11.8 Å². The van der Waals surface area contributed by atoms with Crippen LogP contribution in [0.4, 0.5) is 0 Å². The van der Waals surface area contributed by atoms with Crippen LogP contribution in [0.3, 0.4) is 0 Å². The van der Waals surface area contributed by atoms with Gasteiger partial charge in [-0.05, 0) is 51.5 Å². The molecule has 296 valence electrons. The van der Waals surface area contributed by atoms with E-state index in [1.807, 2.05) is 72.8 Å². The average molecular weight is 791 g/mol. The fourth-order valence-electron chi connectivity index (χ4n) is 6.27. The van der Waals surface area contributed by atoms with Crippen molar-refractivity contribution >= 4 is 20.1 Å². The summed E-state index contributed by atoms with van der Waals surface area (Å²) in [6, 6.07) is 49.8. The minimum atomic E-state index is -1.85. The summed E-state index contributed by atoms with van der Waals surface area (Å²) in [4.78, 5) is 0. The Kier molecular flexibility index (Phi) is 15.6. The second-order valence-electron chi connectivity index (χ2n) is 16.0. The van der Waals surface area contributed by atoms with Crippen LogP contribution in [0.15, 0.2) is 146 Å². The van der Waals surface area contributed by atoms with E-state index in [0.717, 1.165) is 28.0 Å². The van der Waals surface area contributed by atoms with E-state index in [0.29, 0.717) is 39.6 Å². The number of benzene rings is 5. The molecule has 0 radical (unpaired) electrons. The first kappa shape index (κ1) is 42.0. The summed E-state index contributed by atoms with van der Waals surface area (Å²) in [5.41, 5.74) is 6.39. The third-order valence-corrected chi connectivity index (χ3v) is 16.4. The molecule has 6 rings (SSSR count). The molecule has 1 saturated heterocycles. The predicted molar refractivity (Wildman–Crippen MR) is 230 cm³/mol. The maximum atomic E-state index is 7.05. The maximum Gasteiger partial charge on any atom is 0.192 e. The van der Waals surface area contributed by atoms with E-state index in [2.05, 4.69) is 107 Å². The van der Waals surface area contributed by atoms with E-state index in [9.17, 15) is 0 Å². The van der Waals surface area contributed by atoms with Gasteiger partial charge in [0.1, 0.15) is 29.9 Å². The molecule has 0 unspecified atom stereocenters. The normalized spacial score (nSPS) is 20.2. The SMILES string of the molecule is CC(C)(C)[Si](C)(C)OCc1ccc(CS[C@@H]2O[C@H](COCc3ccccc3)[C@@H](OCc3ccccc3)[C@H](OCc3ccccc3)[C@H]2OCc2ccccc2)cc1. The average Bonchev–Trinajstić information content (AvgIpc) is 3.22. The Hall–Kier alpha value is -3.57. The largest absolute Gasteiger partial charge is 0.413 e. The van der Waals surface area contributed by atoms with Crippen molar-refractivity contribution in [2.45, 2.75) is 108 Å². The standard InChI is InChI=1S/C48H58O6SSi/c1-48(2,3)56(4,5)53-34-41-26-28-42(29-27-41)36-55-47-46(52-33-40-24-16-9-17-25-40)45(51-32-39-22-14-8-15-23-39)44(50-31-38-20-12-7-13-21-38)43(54-47)35-49-30-37-18-10-6-11-19-37/h6-29,43-47H,30-36H2,1-5H3/t43-,44-,45+,46-,47+/m1/s1. The molecule has 0 saturated carbocycles. The third kappa shape index (κ3) is 12.5. The number of rotatable bonds is 19. The Labute approximate surface area is 340 Å².